The van der Waals surface area contributed by atoms with Crippen molar-refractivity contribution in [1.82, 2.24) is 10.2 Å². The fourth-order valence-corrected chi connectivity index (χ4v) is 2.76. The van der Waals surface area contributed by atoms with E-state index in [1.54, 1.807) is 7.05 Å². The van der Waals surface area contributed by atoms with Gasteiger partial charge in [0.1, 0.15) is 0 Å². The first-order chi connectivity index (χ1) is 11.3. The van der Waals surface area contributed by atoms with Gasteiger partial charge >= 0.3 is 0 Å². The first-order valence-electron chi connectivity index (χ1n) is 8.11. The lowest BCUT2D eigenvalue weighted by molar-refractivity contribution is -0.128. The fraction of sp³-hybridized carbons (Fsp3) is 0.529. The van der Waals surface area contributed by atoms with Gasteiger partial charge in [0.15, 0.2) is 5.96 Å². The van der Waals surface area contributed by atoms with Crippen LogP contribution in [0.15, 0.2) is 29.3 Å². The Labute approximate surface area is 171 Å². The monoisotopic (exact) mass is 479 g/mol. The first-order valence-corrected chi connectivity index (χ1v) is 8.49. The van der Waals surface area contributed by atoms with E-state index in [-0.39, 0.29) is 29.9 Å². The third kappa shape index (κ3) is 5.91. The molecule has 0 atom stereocenters. The molecule has 0 saturated carbocycles. The van der Waals surface area contributed by atoms with Crippen molar-refractivity contribution in [1.29, 1.82) is 0 Å². The van der Waals surface area contributed by atoms with Crippen LogP contribution in [0, 0.1) is 5.41 Å². The molecule has 1 aliphatic rings. The first kappa shape index (κ1) is 21.8. The molecule has 0 spiro atoms. The molecule has 140 valence electrons. The van der Waals surface area contributed by atoms with Gasteiger partial charge in [-0.25, -0.2) is 0 Å². The summed E-state index contributed by atoms with van der Waals surface area (Å²) in [5.74, 6) is 0.467. The van der Waals surface area contributed by atoms with Crippen molar-refractivity contribution in [2.75, 3.05) is 44.7 Å². The van der Waals surface area contributed by atoms with Gasteiger partial charge in [0, 0.05) is 43.9 Å². The van der Waals surface area contributed by atoms with Crippen molar-refractivity contribution in [3.8, 4) is 0 Å². The van der Waals surface area contributed by atoms with Crippen LogP contribution in [0.2, 0.25) is 5.02 Å². The molecular formula is C17H27ClIN5O. The number of anilines is 1. The molecule has 8 heteroatoms. The lowest BCUT2D eigenvalue weighted by Crippen LogP contribution is -2.51. The molecule has 0 aliphatic carbocycles. The Morgan fingerprint density at radius 1 is 1.24 bits per heavy atom. The highest BCUT2D eigenvalue weighted by Crippen LogP contribution is 2.20. The number of aliphatic imine (C=N–C) groups is 1. The SMILES string of the molecule is CNC(=O)C(C)(C)CN=C(N)N1CCN(c2ccc(Cl)cc2)CC1.I. The fourth-order valence-electron chi connectivity index (χ4n) is 2.63. The van der Waals surface area contributed by atoms with Crippen molar-refractivity contribution >= 4 is 53.1 Å². The van der Waals surface area contributed by atoms with Gasteiger partial charge in [0.05, 0.1) is 12.0 Å². The zero-order chi connectivity index (χ0) is 17.7. The molecule has 0 aromatic heterocycles. The topological polar surface area (TPSA) is 74.0 Å². The highest BCUT2D eigenvalue weighted by atomic mass is 127. The number of guanidine groups is 1. The Morgan fingerprint density at radius 2 is 1.80 bits per heavy atom. The maximum atomic E-state index is 11.8. The summed E-state index contributed by atoms with van der Waals surface area (Å²) in [5.41, 5.74) is 6.71. The molecule has 1 heterocycles. The quantitative estimate of drug-likeness (QED) is 0.394. The molecule has 1 aliphatic heterocycles. The summed E-state index contributed by atoms with van der Waals surface area (Å²) < 4.78 is 0. The van der Waals surface area contributed by atoms with E-state index < -0.39 is 5.41 Å². The Kier molecular flexibility index (Phi) is 8.27. The van der Waals surface area contributed by atoms with Crippen LogP contribution in [0.1, 0.15) is 13.8 Å². The number of carbonyl (C=O) groups is 1. The molecule has 1 aromatic carbocycles. The molecule has 0 unspecified atom stereocenters. The van der Waals surface area contributed by atoms with Crippen LogP contribution in [0.5, 0.6) is 0 Å². The molecule has 6 nitrogen and oxygen atoms in total. The van der Waals surface area contributed by atoms with Crippen molar-refractivity contribution < 1.29 is 4.79 Å². The summed E-state index contributed by atoms with van der Waals surface area (Å²) in [6, 6.07) is 7.86. The van der Waals surface area contributed by atoms with Gasteiger partial charge in [-0.05, 0) is 38.1 Å². The lowest BCUT2D eigenvalue weighted by Gasteiger charge is -2.36. The third-order valence-electron chi connectivity index (χ3n) is 4.27. The second-order valence-corrected chi connectivity index (χ2v) is 7.02. The summed E-state index contributed by atoms with van der Waals surface area (Å²) in [7, 11) is 1.63. The molecule has 3 N–H and O–H groups in total. The molecule has 1 saturated heterocycles. The normalized spacial score (nSPS) is 15.6. The molecule has 2 rings (SSSR count). The molecule has 0 radical (unpaired) electrons. The van der Waals surface area contributed by atoms with Gasteiger partial charge in [0.25, 0.3) is 0 Å². The number of carbonyl (C=O) groups excluding carboxylic acids is 1. The predicted molar refractivity (Wildman–Crippen MR) is 115 cm³/mol. The highest BCUT2D eigenvalue weighted by molar-refractivity contribution is 14.0. The van der Waals surface area contributed by atoms with Gasteiger partial charge in [-0.2, -0.15) is 0 Å². The van der Waals surface area contributed by atoms with Gasteiger partial charge in [-0.3, -0.25) is 9.79 Å². The molecule has 1 amide bonds. The number of nitrogens with one attached hydrogen (secondary N) is 1. The minimum Gasteiger partial charge on any atom is -0.370 e. The van der Waals surface area contributed by atoms with E-state index in [1.165, 1.54) is 0 Å². The molecular weight excluding hydrogens is 453 g/mol. The summed E-state index contributed by atoms with van der Waals surface area (Å²) in [6.07, 6.45) is 0. The van der Waals surface area contributed by atoms with Crippen LogP contribution in [0.3, 0.4) is 0 Å². The number of benzene rings is 1. The van der Waals surface area contributed by atoms with Crippen molar-refractivity contribution in [3.05, 3.63) is 29.3 Å². The van der Waals surface area contributed by atoms with Crippen LogP contribution in [0.25, 0.3) is 0 Å². The second-order valence-electron chi connectivity index (χ2n) is 6.59. The number of hydrogen-bond acceptors (Lipinski definition) is 3. The van der Waals surface area contributed by atoms with Crippen molar-refractivity contribution in [2.24, 2.45) is 16.1 Å². The van der Waals surface area contributed by atoms with Gasteiger partial charge in [0.2, 0.25) is 5.91 Å². The Balaban J connectivity index is 0.00000312. The van der Waals surface area contributed by atoms with E-state index in [1.807, 2.05) is 38.1 Å². The largest absolute Gasteiger partial charge is 0.370 e. The average Bonchev–Trinajstić information content (AvgIpc) is 2.59. The number of nitrogens with two attached hydrogens (primary N) is 1. The molecule has 1 fully saturated rings. The number of hydrogen-bond donors (Lipinski definition) is 2. The Morgan fingerprint density at radius 3 is 2.32 bits per heavy atom. The van der Waals surface area contributed by atoms with Crippen LogP contribution in [-0.2, 0) is 4.79 Å². The number of rotatable bonds is 4. The summed E-state index contributed by atoms with van der Waals surface area (Å²) >= 11 is 5.93. The molecule has 25 heavy (non-hydrogen) atoms. The minimum atomic E-state index is -0.565. The number of halogens is 2. The summed E-state index contributed by atoms with van der Waals surface area (Å²) in [6.45, 7) is 7.45. The zero-order valence-corrected chi connectivity index (χ0v) is 18.0. The smallest absolute Gasteiger partial charge is 0.227 e. The minimum absolute atomic E-state index is 0. The van der Waals surface area contributed by atoms with Gasteiger partial charge < -0.3 is 20.9 Å². The molecule has 1 aromatic rings. The van der Waals surface area contributed by atoms with Crippen LogP contribution >= 0.6 is 35.6 Å². The maximum Gasteiger partial charge on any atom is 0.227 e. The van der Waals surface area contributed by atoms with E-state index >= 15 is 0 Å². The summed E-state index contributed by atoms with van der Waals surface area (Å²) in [5, 5.41) is 3.40. The zero-order valence-electron chi connectivity index (χ0n) is 15.0. The Bertz CT molecular complexity index is 598. The van der Waals surface area contributed by atoms with Crippen LogP contribution < -0.4 is 16.0 Å². The second kappa shape index (κ2) is 9.47. The van der Waals surface area contributed by atoms with Gasteiger partial charge in [-0.1, -0.05) is 11.6 Å². The standard InChI is InChI=1S/C17H26ClN5O.HI/c1-17(2,15(24)20-3)12-21-16(19)23-10-8-22(9-11-23)14-6-4-13(18)5-7-14;/h4-7H,8-12H2,1-3H3,(H2,19,21)(H,20,24);1H. The van der Waals surface area contributed by atoms with E-state index in [2.05, 4.69) is 20.1 Å². The van der Waals surface area contributed by atoms with Crippen LogP contribution in [-0.4, -0.2) is 56.5 Å². The lowest BCUT2D eigenvalue weighted by atomic mass is 9.93. The van der Waals surface area contributed by atoms with E-state index in [0.717, 1.165) is 36.9 Å². The number of amides is 1. The predicted octanol–water partition coefficient (Wildman–Crippen LogP) is 2.17. The van der Waals surface area contributed by atoms with E-state index in [0.29, 0.717) is 12.5 Å². The number of nitrogens with zero attached hydrogens (tertiary/aromatic N) is 3. The molecule has 0 bridgehead atoms. The third-order valence-corrected chi connectivity index (χ3v) is 4.53. The van der Waals surface area contributed by atoms with E-state index in [9.17, 15) is 4.79 Å². The van der Waals surface area contributed by atoms with Gasteiger partial charge in [-0.15, -0.1) is 24.0 Å². The Hall–Kier alpha value is -1.22. The average molecular weight is 480 g/mol. The van der Waals surface area contributed by atoms with Crippen LogP contribution in [0.4, 0.5) is 5.69 Å². The van der Waals surface area contributed by atoms with Crippen molar-refractivity contribution in [2.45, 2.75) is 13.8 Å². The van der Waals surface area contributed by atoms with Crippen molar-refractivity contribution in [3.63, 3.8) is 0 Å². The number of piperazine rings is 1. The summed E-state index contributed by atoms with van der Waals surface area (Å²) in [4.78, 5) is 20.6. The van der Waals surface area contributed by atoms with E-state index in [4.69, 9.17) is 17.3 Å². The highest BCUT2D eigenvalue weighted by Gasteiger charge is 2.27. The maximum absolute atomic E-state index is 11.8.